The Morgan fingerprint density at radius 1 is 0.396 bits per heavy atom. The molecule has 1 aliphatic rings. The largest absolute Gasteiger partial charge is 0.309 e. The van der Waals surface area contributed by atoms with Gasteiger partial charge < -0.3 is 4.57 Å². The van der Waals surface area contributed by atoms with Gasteiger partial charge in [-0.25, -0.2) is 0 Å². The maximum Gasteiger partial charge on any atom is 0.0619 e. The summed E-state index contributed by atoms with van der Waals surface area (Å²) in [6.45, 7) is 0. The van der Waals surface area contributed by atoms with Crippen molar-refractivity contribution >= 4 is 64.9 Å². The predicted molar refractivity (Wildman–Crippen MR) is 228 cm³/mol. The molecule has 1 aliphatic carbocycles. The van der Waals surface area contributed by atoms with E-state index in [1.165, 1.54) is 131 Å². The molecular weight excluding hydrogens is 639 g/mol. The molecule has 10 aromatic rings. The number of rotatable bonds is 4. The molecule has 0 amide bonds. The summed E-state index contributed by atoms with van der Waals surface area (Å²) in [5.41, 5.74) is 10.4. The van der Waals surface area contributed by atoms with Gasteiger partial charge in [0.1, 0.15) is 0 Å². The highest BCUT2D eigenvalue weighted by Gasteiger charge is 2.24. The maximum atomic E-state index is 2.58. The molecule has 1 nitrogen and oxygen atoms in total. The quantitative estimate of drug-likeness (QED) is 0.163. The number of nitrogens with zero attached hydrogens (tertiary/aromatic N) is 1. The Kier molecular flexibility index (Phi) is 7.01. The van der Waals surface area contributed by atoms with E-state index in [-0.39, 0.29) is 0 Å². The molecule has 0 spiro atoms. The maximum absolute atomic E-state index is 2.58. The molecule has 11 rings (SSSR count). The fraction of sp³-hybridized carbons (Fsp3) is 0.115. The van der Waals surface area contributed by atoms with Crippen LogP contribution >= 0.6 is 0 Å². The van der Waals surface area contributed by atoms with Crippen molar-refractivity contribution in [1.29, 1.82) is 0 Å². The summed E-state index contributed by atoms with van der Waals surface area (Å²) in [6.07, 6.45) is 6.58. The second-order valence-electron chi connectivity index (χ2n) is 15.0. The molecule has 0 N–H and O–H groups in total. The molecule has 1 aromatic heterocycles. The highest BCUT2D eigenvalue weighted by atomic mass is 15.0. The Bertz CT molecular complexity index is 2960. The van der Waals surface area contributed by atoms with Gasteiger partial charge in [-0.2, -0.15) is 0 Å². The number of benzene rings is 9. The van der Waals surface area contributed by atoms with Gasteiger partial charge in [0.15, 0.2) is 0 Å². The minimum atomic E-state index is 0.614. The molecule has 9 aromatic carbocycles. The lowest BCUT2D eigenvalue weighted by atomic mass is 9.81. The summed E-state index contributed by atoms with van der Waals surface area (Å²) in [6, 6.07) is 63.5. The number of hydrogen-bond acceptors (Lipinski definition) is 0. The van der Waals surface area contributed by atoms with Gasteiger partial charge in [0.25, 0.3) is 0 Å². The van der Waals surface area contributed by atoms with Crippen LogP contribution in [0.5, 0.6) is 0 Å². The van der Waals surface area contributed by atoms with Crippen molar-refractivity contribution in [3.05, 3.63) is 175 Å². The third kappa shape index (κ3) is 4.70. The molecule has 252 valence electrons. The molecule has 1 heterocycles. The van der Waals surface area contributed by atoms with E-state index in [1.807, 2.05) is 0 Å². The summed E-state index contributed by atoms with van der Waals surface area (Å²) in [4.78, 5) is 0. The summed E-state index contributed by atoms with van der Waals surface area (Å²) < 4.78 is 2.54. The zero-order valence-electron chi connectivity index (χ0n) is 29.7. The van der Waals surface area contributed by atoms with Gasteiger partial charge in [-0.15, -0.1) is 0 Å². The van der Waals surface area contributed by atoms with Gasteiger partial charge in [0.2, 0.25) is 0 Å². The van der Waals surface area contributed by atoms with Crippen LogP contribution in [0.4, 0.5) is 0 Å². The van der Waals surface area contributed by atoms with E-state index in [1.54, 1.807) is 0 Å². The van der Waals surface area contributed by atoms with Gasteiger partial charge in [-0.05, 0) is 109 Å². The standard InChI is InChI=1S/C52H39N/c1-3-15-34(16-4-1)46-33-47-51-39-20-8-7-17-35(39)29-32-48(51)53(52(47)45-26-14-9-21-40(45)46)38-30-27-37(28-31-38)50-43-24-12-10-22-41(43)49(36-18-5-2-6-19-36)42-23-11-13-25-44(42)50/h2,5-14,17-34H,1,3-4,15-16H2. The Labute approximate surface area is 309 Å². The average Bonchev–Trinajstić information content (AvgIpc) is 3.58. The van der Waals surface area contributed by atoms with Crippen molar-refractivity contribution in [2.24, 2.45) is 0 Å². The third-order valence-electron chi connectivity index (χ3n) is 12.1. The third-order valence-corrected chi connectivity index (χ3v) is 12.1. The average molecular weight is 678 g/mol. The molecule has 0 aliphatic heterocycles. The molecule has 0 bridgehead atoms. The van der Waals surface area contributed by atoms with Crippen LogP contribution in [0.2, 0.25) is 0 Å². The summed E-state index contributed by atoms with van der Waals surface area (Å²) >= 11 is 0. The van der Waals surface area contributed by atoms with E-state index in [9.17, 15) is 0 Å². The SMILES string of the molecule is c1ccc(-c2c3ccccc3c(-c3ccc(-n4c5ccc6ccccc6c5c5cc(C6CCCCC6)c6ccccc6c54)cc3)c3ccccc23)cc1. The zero-order valence-corrected chi connectivity index (χ0v) is 29.7. The predicted octanol–water partition coefficient (Wildman–Crippen LogP) is 14.8. The minimum absolute atomic E-state index is 0.614. The van der Waals surface area contributed by atoms with Crippen molar-refractivity contribution in [3.63, 3.8) is 0 Å². The van der Waals surface area contributed by atoms with E-state index in [4.69, 9.17) is 0 Å². The molecule has 53 heavy (non-hydrogen) atoms. The van der Waals surface area contributed by atoms with E-state index < -0.39 is 0 Å². The van der Waals surface area contributed by atoms with E-state index in [0.29, 0.717) is 5.92 Å². The molecule has 0 atom stereocenters. The van der Waals surface area contributed by atoms with Crippen LogP contribution in [0.15, 0.2) is 170 Å². The normalized spacial score (nSPS) is 14.0. The van der Waals surface area contributed by atoms with Gasteiger partial charge >= 0.3 is 0 Å². The monoisotopic (exact) mass is 677 g/mol. The van der Waals surface area contributed by atoms with Crippen LogP contribution in [0, 0.1) is 0 Å². The van der Waals surface area contributed by atoms with Crippen LogP contribution in [0.3, 0.4) is 0 Å². The number of hydrogen-bond donors (Lipinski definition) is 0. The minimum Gasteiger partial charge on any atom is -0.309 e. The molecule has 0 radical (unpaired) electrons. The topological polar surface area (TPSA) is 4.93 Å². The molecule has 0 saturated heterocycles. The fourth-order valence-electron chi connectivity index (χ4n) is 9.82. The van der Waals surface area contributed by atoms with Crippen molar-refractivity contribution in [2.75, 3.05) is 0 Å². The van der Waals surface area contributed by atoms with E-state index in [0.717, 1.165) is 0 Å². The Balaban J connectivity index is 1.18. The van der Waals surface area contributed by atoms with Crippen molar-refractivity contribution in [1.82, 2.24) is 4.57 Å². The van der Waals surface area contributed by atoms with Crippen molar-refractivity contribution in [2.45, 2.75) is 38.0 Å². The first kappa shape index (κ1) is 30.4. The molecule has 1 fully saturated rings. The van der Waals surface area contributed by atoms with Gasteiger partial charge in [0, 0.05) is 21.8 Å². The highest BCUT2D eigenvalue weighted by molar-refractivity contribution is 6.27. The Hall–Kier alpha value is -6.18. The van der Waals surface area contributed by atoms with Gasteiger partial charge in [-0.3, -0.25) is 0 Å². The first-order chi connectivity index (χ1) is 26.3. The number of fused-ring (bicyclic) bond motifs is 9. The summed E-state index contributed by atoms with van der Waals surface area (Å²) in [5, 5.41) is 13.2. The van der Waals surface area contributed by atoms with E-state index >= 15 is 0 Å². The molecular formula is C52H39N. The fourth-order valence-corrected chi connectivity index (χ4v) is 9.82. The van der Waals surface area contributed by atoms with Crippen molar-refractivity contribution in [3.8, 4) is 27.9 Å². The zero-order chi connectivity index (χ0) is 34.9. The second-order valence-corrected chi connectivity index (χ2v) is 15.0. The number of aromatic nitrogens is 1. The summed E-state index contributed by atoms with van der Waals surface area (Å²) in [7, 11) is 0. The second kappa shape index (κ2) is 12.2. The smallest absolute Gasteiger partial charge is 0.0619 e. The van der Waals surface area contributed by atoms with E-state index in [2.05, 4.69) is 174 Å². The molecule has 1 heteroatoms. The Morgan fingerprint density at radius 2 is 0.925 bits per heavy atom. The lowest BCUT2D eigenvalue weighted by Crippen LogP contribution is -2.05. The summed E-state index contributed by atoms with van der Waals surface area (Å²) in [5.74, 6) is 0.614. The van der Waals surface area contributed by atoms with Crippen LogP contribution in [0.1, 0.15) is 43.6 Å². The van der Waals surface area contributed by atoms with Crippen LogP contribution in [-0.2, 0) is 0 Å². The highest BCUT2D eigenvalue weighted by Crippen LogP contribution is 2.47. The first-order valence-electron chi connectivity index (χ1n) is 19.3. The van der Waals surface area contributed by atoms with Gasteiger partial charge in [0.05, 0.1) is 11.0 Å². The van der Waals surface area contributed by atoms with Gasteiger partial charge in [-0.1, -0.05) is 165 Å². The lowest BCUT2D eigenvalue weighted by Gasteiger charge is -2.24. The molecule has 0 unspecified atom stereocenters. The van der Waals surface area contributed by atoms with Crippen molar-refractivity contribution < 1.29 is 0 Å². The Morgan fingerprint density at radius 3 is 1.57 bits per heavy atom. The van der Waals surface area contributed by atoms with Crippen LogP contribution in [-0.4, -0.2) is 4.57 Å². The molecule has 1 saturated carbocycles. The van der Waals surface area contributed by atoms with Crippen LogP contribution < -0.4 is 0 Å². The van der Waals surface area contributed by atoms with Crippen LogP contribution in [0.25, 0.3) is 92.8 Å². The lowest BCUT2D eigenvalue weighted by molar-refractivity contribution is 0.446. The first-order valence-corrected chi connectivity index (χ1v) is 19.3.